The van der Waals surface area contributed by atoms with Gasteiger partial charge in [-0.05, 0) is 30.3 Å². The zero-order valence-corrected chi connectivity index (χ0v) is 11.1. The minimum atomic E-state index is -1.46. The van der Waals surface area contributed by atoms with Crippen molar-refractivity contribution >= 4 is 23.4 Å². The molecule has 2 N–H and O–H groups in total. The number of halogens is 1. The summed E-state index contributed by atoms with van der Waals surface area (Å²) in [4.78, 5) is 37.0. The number of benzene rings is 1. The fourth-order valence-corrected chi connectivity index (χ4v) is 1.84. The molecule has 0 aliphatic carbocycles. The van der Waals surface area contributed by atoms with Crippen molar-refractivity contribution in [1.82, 2.24) is 4.98 Å². The number of hydrogen-bond donors (Lipinski definition) is 2. The summed E-state index contributed by atoms with van der Waals surface area (Å²) in [5, 5.41) is 18.3. The predicted molar refractivity (Wildman–Crippen MR) is 73.6 cm³/mol. The Hall–Kier alpha value is -2.91. The fraction of sp³-hybridized carbons (Fsp3) is 0. The number of carbonyl (C=O) groups is 2. The molecule has 7 heteroatoms. The number of nitrogens with zero attached hydrogens (tertiary/aromatic N) is 1. The van der Waals surface area contributed by atoms with Crippen LogP contribution in [0.25, 0.3) is 0 Å². The molecule has 6 nitrogen and oxygen atoms in total. The van der Waals surface area contributed by atoms with Gasteiger partial charge in [0.1, 0.15) is 17.3 Å². The number of aromatic amines is 1. The summed E-state index contributed by atoms with van der Waals surface area (Å²) < 4.78 is 0. The summed E-state index contributed by atoms with van der Waals surface area (Å²) in [6.07, 6.45) is 0. The van der Waals surface area contributed by atoms with E-state index in [1.165, 1.54) is 24.3 Å². The van der Waals surface area contributed by atoms with E-state index in [4.69, 9.17) is 22.0 Å². The van der Waals surface area contributed by atoms with Crippen molar-refractivity contribution in [3.63, 3.8) is 0 Å². The minimum absolute atomic E-state index is 0.192. The van der Waals surface area contributed by atoms with Gasteiger partial charge in [-0.15, -0.1) is 0 Å². The second kappa shape index (κ2) is 5.61. The van der Waals surface area contributed by atoms with Crippen LogP contribution in [-0.2, 0) is 0 Å². The van der Waals surface area contributed by atoms with E-state index in [9.17, 15) is 14.4 Å². The fourth-order valence-electron chi connectivity index (χ4n) is 1.72. The number of pyridine rings is 1. The number of nitriles is 1. The van der Waals surface area contributed by atoms with Crippen LogP contribution in [0.4, 0.5) is 0 Å². The van der Waals surface area contributed by atoms with Gasteiger partial charge in [-0.3, -0.25) is 9.59 Å². The van der Waals surface area contributed by atoms with E-state index in [-0.39, 0.29) is 16.7 Å². The zero-order chi connectivity index (χ0) is 15.6. The first-order chi connectivity index (χ1) is 9.93. The van der Waals surface area contributed by atoms with Crippen LogP contribution in [0.5, 0.6) is 0 Å². The van der Waals surface area contributed by atoms with Crippen LogP contribution in [0.3, 0.4) is 0 Å². The van der Waals surface area contributed by atoms with Gasteiger partial charge in [0.05, 0.1) is 5.56 Å². The molecule has 0 saturated heterocycles. The van der Waals surface area contributed by atoms with E-state index in [0.717, 1.165) is 6.07 Å². The van der Waals surface area contributed by atoms with Gasteiger partial charge in [0.25, 0.3) is 5.56 Å². The number of carboxylic acids is 1. The lowest BCUT2D eigenvalue weighted by molar-refractivity contribution is 0.0686. The monoisotopic (exact) mass is 302 g/mol. The summed E-state index contributed by atoms with van der Waals surface area (Å²) >= 11 is 5.72. The summed E-state index contributed by atoms with van der Waals surface area (Å²) in [6.45, 7) is 0. The molecule has 0 unspecified atom stereocenters. The summed E-state index contributed by atoms with van der Waals surface area (Å²) in [7, 11) is 0. The Kier molecular flexibility index (Phi) is 3.87. The third-order valence-corrected chi connectivity index (χ3v) is 2.98. The lowest BCUT2D eigenvalue weighted by atomic mass is 10.0. The number of hydrogen-bond acceptors (Lipinski definition) is 4. The highest BCUT2D eigenvalue weighted by atomic mass is 35.5. The quantitative estimate of drug-likeness (QED) is 0.840. The number of nitrogens with one attached hydrogen (secondary N) is 1. The largest absolute Gasteiger partial charge is 0.477 e. The summed E-state index contributed by atoms with van der Waals surface area (Å²) in [5.41, 5.74) is -1.82. The second-order valence-corrected chi connectivity index (χ2v) is 4.49. The molecule has 0 atom stereocenters. The highest BCUT2D eigenvalue weighted by Crippen LogP contribution is 2.16. The molecule has 1 heterocycles. The smallest absolute Gasteiger partial charge is 0.353 e. The maximum atomic E-state index is 12.3. The van der Waals surface area contributed by atoms with Crippen molar-refractivity contribution in [3.05, 3.63) is 68.1 Å². The molecule has 0 radical (unpaired) electrons. The third kappa shape index (κ3) is 2.83. The first kappa shape index (κ1) is 14.5. The van der Waals surface area contributed by atoms with Gasteiger partial charge in [-0.2, -0.15) is 5.26 Å². The molecule has 0 saturated carbocycles. The first-order valence-corrected chi connectivity index (χ1v) is 6.03. The van der Waals surface area contributed by atoms with Crippen LogP contribution in [0.2, 0.25) is 5.02 Å². The van der Waals surface area contributed by atoms with Gasteiger partial charge in [-0.25, -0.2) is 4.79 Å². The molecule has 0 aliphatic heterocycles. The molecule has 0 bridgehead atoms. The molecule has 104 valence electrons. The van der Waals surface area contributed by atoms with Crippen molar-refractivity contribution in [2.24, 2.45) is 0 Å². The summed E-state index contributed by atoms with van der Waals surface area (Å²) in [5.74, 6) is -2.09. The van der Waals surface area contributed by atoms with Gasteiger partial charge in [0.15, 0.2) is 5.78 Å². The van der Waals surface area contributed by atoms with Gasteiger partial charge in [-0.1, -0.05) is 11.6 Å². The molecule has 2 rings (SSSR count). The predicted octanol–water partition coefficient (Wildman–Crippen LogP) is 1.83. The van der Waals surface area contributed by atoms with Crippen LogP contribution in [-0.4, -0.2) is 21.8 Å². The van der Waals surface area contributed by atoms with Crippen molar-refractivity contribution in [2.45, 2.75) is 0 Å². The normalized spacial score (nSPS) is 9.90. The molecule has 2 aromatic rings. The Labute approximate surface area is 123 Å². The van der Waals surface area contributed by atoms with Gasteiger partial charge in [0, 0.05) is 10.6 Å². The molecule has 1 aromatic carbocycles. The number of aromatic nitrogens is 1. The van der Waals surface area contributed by atoms with Crippen LogP contribution in [0.1, 0.15) is 32.0 Å². The summed E-state index contributed by atoms with van der Waals surface area (Å²) in [6, 6.07) is 8.38. The van der Waals surface area contributed by atoms with Crippen molar-refractivity contribution in [2.75, 3.05) is 0 Å². The number of H-pyrrole nitrogens is 1. The van der Waals surface area contributed by atoms with Gasteiger partial charge in [0.2, 0.25) is 0 Å². The van der Waals surface area contributed by atoms with Crippen molar-refractivity contribution in [1.29, 1.82) is 5.26 Å². The molecule has 1 aromatic heterocycles. The van der Waals surface area contributed by atoms with E-state index >= 15 is 0 Å². The van der Waals surface area contributed by atoms with Gasteiger partial charge < -0.3 is 10.1 Å². The SMILES string of the molecule is N#Cc1cc(C(=O)c2ccc(Cl)cc2)c(C(=O)O)[nH]c1=O. The Morgan fingerprint density at radius 1 is 1.24 bits per heavy atom. The van der Waals surface area contributed by atoms with E-state index in [2.05, 4.69) is 0 Å². The van der Waals surface area contributed by atoms with Crippen molar-refractivity contribution < 1.29 is 14.7 Å². The number of carbonyl (C=O) groups excluding carboxylic acids is 1. The number of ketones is 1. The third-order valence-electron chi connectivity index (χ3n) is 2.73. The molecule has 21 heavy (non-hydrogen) atoms. The van der Waals surface area contributed by atoms with Crippen LogP contribution >= 0.6 is 11.6 Å². The zero-order valence-electron chi connectivity index (χ0n) is 10.4. The highest BCUT2D eigenvalue weighted by molar-refractivity contribution is 6.30. The molecular weight excluding hydrogens is 296 g/mol. The standard InChI is InChI=1S/C14H7ClN2O4/c15-9-3-1-7(2-4-9)12(18)10-5-8(6-16)13(19)17-11(10)14(20)21/h1-5H,(H,17,19)(H,20,21). The maximum Gasteiger partial charge on any atom is 0.353 e. The van der Waals surface area contributed by atoms with Crippen LogP contribution in [0.15, 0.2) is 35.1 Å². The number of aromatic carboxylic acids is 1. The average molecular weight is 303 g/mol. The first-order valence-electron chi connectivity index (χ1n) is 5.65. The van der Waals surface area contributed by atoms with E-state index in [0.29, 0.717) is 5.02 Å². The van der Waals surface area contributed by atoms with E-state index in [1.807, 2.05) is 4.98 Å². The number of carboxylic acid groups (broad SMARTS) is 1. The minimum Gasteiger partial charge on any atom is -0.477 e. The topological polar surface area (TPSA) is 111 Å². The van der Waals surface area contributed by atoms with Crippen LogP contribution in [0, 0.1) is 11.3 Å². The molecule has 0 amide bonds. The number of rotatable bonds is 3. The molecule has 0 aliphatic rings. The highest BCUT2D eigenvalue weighted by Gasteiger charge is 2.21. The van der Waals surface area contributed by atoms with Crippen molar-refractivity contribution in [3.8, 4) is 6.07 Å². The lowest BCUT2D eigenvalue weighted by Crippen LogP contribution is -2.21. The lowest BCUT2D eigenvalue weighted by Gasteiger charge is -2.06. The Bertz CT molecular complexity index is 832. The van der Waals surface area contributed by atoms with Gasteiger partial charge >= 0.3 is 5.97 Å². The van der Waals surface area contributed by atoms with E-state index < -0.39 is 23.0 Å². The molecular formula is C14H7ClN2O4. The Morgan fingerprint density at radius 2 is 1.86 bits per heavy atom. The maximum absolute atomic E-state index is 12.3. The Morgan fingerprint density at radius 3 is 2.38 bits per heavy atom. The molecule has 0 fully saturated rings. The molecule has 0 spiro atoms. The van der Waals surface area contributed by atoms with Crippen LogP contribution < -0.4 is 5.56 Å². The average Bonchev–Trinajstić information content (AvgIpc) is 2.47. The second-order valence-electron chi connectivity index (χ2n) is 4.05. The Balaban J connectivity index is 2.64. The van der Waals surface area contributed by atoms with E-state index in [1.54, 1.807) is 6.07 Å².